The van der Waals surface area contributed by atoms with E-state index in [1.54, 1.807) is 19.1 Å². The minimum atomic E-state index is -0.650. The van der Waals surface area contributed by atoms with Crippen LogP contribution in [-0.4, -0.2) is 15.9 Å². The molecule has 5 nitrogen and oxygen atoms in total. The molecule has 0 saturated heterocycles. The average molecular weight is 260 g/mol. The molecule has 0 aliphatic rings. The molecule has 1 amide bonds. The summed E-state index contributed by atoms with van der Waals surface area (Å²) in [5.41, 5.74) is 12.3. The van der Waals surface area contributed by atoms with Gasteiger partial charge in [-0.15, -0.1) is 0 Å². The Morgan fingerprint density at radius 1 is 1.26 bits per heavy atom. The zero-order valence-corrected chi connectivity index (χ0v) is 10.4. The number of nitrogens with zero attached hydrogens (tertiary/aromatic N) is 2. The maximum atomic E-state index is 12.8. The predicted octanol–water partition coefficient (Wildman–Crippen LogP) is 1.20. The Kier molecular flexibility index (Phi) is 3.41. The number of aromatic nitrogens is 2. The van der Waals surface area contributed by atoms with E-state index in [1.165, 1.54) is 12.1 Å². The highest BCUT2D eigenvalue weighted by Gasteiger charge is 2.14. The summed E-state index contributed by atoms with van der Waals surface area (Å²) >= 11 is 0. The van der Waals surface area contributed by atoms with Crippen molar-refractivity contribution in [2.75, 3.05) is 5.73 Å². The topological polar surface area (TPSA) is 94.9 Å². The van der Waals surface area contributed by atoms with Crippen LogP contribution in [0.5, 0.6) is 0 Å². The summed E-state index contributed by atoms with van der Waals surface area (Å²) in [6.45, 7) is 1.65. The Morgan fingerprint density at radius 2 is 1.89 bits per heavy atom. The molecule has 4 N–H and O–H groups in total. The third-order valence-electron chi connectivity index (χ3n) is 2.69. The number of nitrogen functional groups attached to an aromatic ring is 1. The first kappa shape index (κ1) is 12.9. The van der Waals surface area contributed by atoms with Crippen molar-refractivity contribution in [3.05, 3.63) is 52.7 Å². The van der Waals surface area contributed by atoms with Gasteiger partial charge in [-0.3, -0.25) is 4.79 Å². The second-order valence-electron chi connectivity index (χ2n) is 4.15. The fraction of sp³-hybridized carbons (Fsp3) is 0.154. The highest BCUT2D eigenvalue weighted by atomic mass is 19.1. The standard InChI is InChI=1S/C13H13FN4O/c1-7-11(13(16)19)12(15)18-10(17-7)6-8-2-4-9(14)5-3-8/h2-5H,6H2,1H3,(H2,16,19)(H2,15,17,18). The summed E-state index contributed by atoms with van der Waals surface area (Å²) in [5.74, 6) is -0.420. The highest BCUT2D eigenvalue weighted by molar-refractivity contribution is 5.98. The van der Waals surface area contributed by atoms with Gasteiger partial charge in [-0.05, 0) is 24.6 Å². The third-order valence-corrected chi connectivity index (χ3v) is 2.69. The van der Waals surface area contributed by atoms with Crippen LogP contribution in [0.25, 0.3) is 0 Å². The molecule has 2 aromatic rings. The number of aryl methyl sites for hydroxylation is 1. The van der Waals surface area contributed by atoms with Crippen LogP contribution in [0, 0.1) is 12.7 Å². The highest BCUT2D eigenvalue weighted by Crippen LogP contribution is 2.14. The Balaban J connectivity index is 2.32. The van der Waals surface area contributed by atoms with Crippen LogP contribution < -0.4 is 11.5 Å². The molecule has 0 aliphatic heterocycles. The Morgan fingerprint density at radius 3 is 2.42 bits per heavy atom. The third kappa shape index (κ3) is 2.85. The van der Waals surface area contributed by atoms with Gasteiger partial charge in [-0.1, -0.05) is 12.1 Å². The molecule has 0 spiro atoms. The summed E-state index contributed by atoms with van der Waals surface area (Å²) in [5, 5.41) is 0. The van der Waals surface area contributed by atoms with Crippen LogP contribution in [0.1, 0.15) is 27.4 Å². The van der Waals surface area contributed by atoms with E-state index < -0.39 is 5.91 Å². The van der Waals surface area contributed by atoms with Gasteiger partial charge in [0.2, 0.25) is 0 Å². The Labute approximate surface area is 109 Å². The van der Waals surface area contributed by atoms with Crippen molar-refractivity contribution in [1.29, 1.82) is 0 Å². The summed E-state index contributed by atoms with van der Waals surface area (Å²) in [4.78, 5) is 19.4. The normalized spacial score (nSPS) is 10.4. The zero-order valence-electron chi connectivity index (χ0n) is 10.4. The lowest BCUT2D eigenvalue weighted by Gasteiger charge is -2.07. The predicted molar refractivity (Wildman–Crippen MR) is 68.9 cm³/mol. The number of benzene rings is 1. The first-order valence-electron chi connectivity index (χ1n) is 5.64. The van der Waals surface area contributed by atoms with Gasteiger partial charge in [0.15, 0.2) is 0 Å². The molecule has 0 radical (unpaired) electrons. The molecule has 1 heterocycles. The summed E-state index contributed by atoms with van der Waals surface area (Å²) < 4.78 is 12.8. The molecule has 98 valence electrons. The lowest BCUT2D eigenvalue weighted by Crippen LogP contribution is -2.18. The second kappa shape index (κ2) is 5.01. The largest absolute Gasteiger partial charge is 0.383 e. The molecule has 6 heteroatoms. The maximum absolute atomic E-state index is 12.8. The fourth-order valence-electron chi connectivity index (χ4n) is 1.82. The quantitative estimate of drug-likeness (QED) is 0.866. The average Bonchev–Trinajstić information content (AvgIpc) is 2.30. The van der Waals surface area contributed by atoms with Crippen LogP contribution in [0.15, 0.2) is 24.3 Å². The summed E-state index contributed by atoms with van der Waals surface area (Å²) in [7, 11) is 0. The molecule has 1 aromatic carbocycles. The molecule has 19 heavy (non-hydrogen) atoms. The molecular formula is C13H13FN4O. The maximum Gasteiger partial charge on any atom is 0.254 e. The van der Waals surface area contributed by atoms with Gasteiger partial charge < -0.3 is 11.5 Å². The lowest BCUT2D eigenvalue weighted by atomic mass is 10.1. The molecule has 1 aromatic heterocycles. The molecule has 0 unspecified atom stereocenters. The van der Waals surface area contributed by atoms with Gasteiger partial charge in [0.1, 0.15) is 23.0 Å². The SMILES string of the molecule is Cc1nc(Cc2ccc(F)cc2)nc(N)c1C(N)=O. The number of rotatable bonds is 3. The minimum Gasteiger partial charge on any atom is -0.383 e. The van der Waals surface area contributed by atoms with E-state index in [1.807, 2.05) is 0 Å². The van der Waals surface area contributed by atoms with E-state index in [4.69, 9.17) is 11.5 Å². The Hall–Kier alpha value is -2.50. The smallest absolute Gasteiger partial charge is 0.254 e. The van der Waals surface area contributed by atoms with Crippen LogP contribution in [0.2, 0.25) is 0 Å². The minimum absolute atomic E-state index is 0.0668. The van der Waals surface area contributed by atoms with E-state index in [0.717, 1.165) is 5.56 Å². The van der Waals surface area contributed by atoms with Crippen LogP contribution in [0.4, 0.5) is 10.2 Å². The molecule has 0 saturated carbocycles. The first-order chi connectivity index (χ1) is 8.97. The van der Waals surface area contributed by atoms with Gasteiger partial charge in [0, 0.05) is 6.42 Å². The number of anilines is 1. The van der Waals surface area contributed by atoms with Crippen LogP contribution >= 0.6 is 0 Å². The zero-order chi connectivity index (χ0) is 14.0. The second-order valence-corrected chi connectivity index (χ2v) is 4.15. The number of carbonyl (C=O) groups is 1. The van der Waals surface area contributed by atoms with Gasteiger partial charge in [0.05, 0.1) is 5.69 Å². The number of primary amides is 1. The van der Waals surface area contributed by atoms with E-state index in [9.17, 15) is 9.18 Å². The number of carbonyl (C=O) groups excluding carboxylic acids is 1. The van der Waals surface area contributed by atoms with Crippen LogP contribution in [0.3, 0.4) is 0 Å². The van der Waals surface area contributed by atoms with E-state index in [2.05, 4.69) is 9.97 Å². The van der Waals surface area contributed by atoms with Crippen molar-refractivity contribution >= 4 is 11.7 Å². The first-order valence-corrected chi connectivity index (χ1v) is 5.64. The van der Waals surface area contributed by atoms with E-state index in [-0.39, 0.29) is 17.2 Å². The van der Waals surface area contributed by atoms with Gasteiger partial charge >= 0.3 is 0 Å². The molecule has 0 atom stereocenters. The number of amides is 1. The van der Waals surface area contributed by atoms with Gasteiger partial charge in [-0.25, -0.2) is 14.4 Å². The summed E-state index contributed by atoms with van der Waals surface area (Å²) in [6, 6.07) is 6.02. The number of hydrogen-bond donors (Lipinski definition) is 2. The lowest BCUT2D eigenvalue weighted by molar-refractivity contribution is 0.1000. The number of hydrogen-bond acceptors (Lipinski definition) is 4. The summed E-state index contributed by atoms with van der Waals surface area (Å²) in [6.07, 6.45) is 0.407. The van der Waals surface area contributed by atoms with E-state index >= 15 is 0 Å². The number of halogens is 1. The molecular weight excluding hydrogens is 247 g/mol. The Bertz CT molecular complexity index is 602. The van der Waals surface area contributed by atoms with Crippen molar-refractivity contribution in [2.24, 2.45) is 5.73 Å². The molecule has 0 fully saturated rings. The van der Waals surface area contributed by atoms with Crippen molar-refractivity contribution < 1.29 is 9.18 Å². The van der Waals surface area contributed by atoms with Gasteiger partial charge in [-0.2, -0.15) is 0 Å². The molecule has 0 aliphatic carbocycles. The van der Waals surface area contributed by atoms with Crippen molar-refractivity contribution in [3.63, 3.8) is 0 Å². The monoisotopic (exact) mass is 260 g/mol. The van der Waals surface area contributed by atoms with Crippen molar-refractivity contribution in [3.8, 4) is 0 Å². The van der Waals surface area contributed by atoms with Gasteiger partial charge in [0.25, 0.3) is 5.91 Å². The van der Waals surface area contributed by atoms with E-state index in [0.29, 0.717) is 17.9 Å². The molecule has 2 rings (SSSR count). The fourth-order valence-corrected chi connectivity index (χ4v) is 1.82. The number of nitrogens with two attached hydrogens (primary N) is 2. The van der Waals surface area contributed by atoms with Crippen molar-refractivity contribution in [1.82, 2.24) is 9.97 Å². The van der Waals surface area contributed by atoms with Crippen LogP contribution in [-0.2, 0) is 6.42 Å². The van der Waals surface area contributed by atoms with Crippen molar-refractivity contribution in [2.45, 2.75) is 13.3 Å². The molecule has 0 bridgehead atoms.